The zero-order valence-electron chi connectivity index (χ0n) is 17.8. The summed E-state index contributed by atoms with van der Waals surface area (Å²) < 4.78 is 5.34. The number of aliphatic carboxylic acids is 4. The number of carbonyl (C=O) groups is 4. The van der Waals surface area contributed by atoms with Crippen LogP contribution in [0.15, 0.2) is 43.5 Å². The van der Waals surface area contributed by atoms with Gasteiger partial charge in [0.25, 0.3) is 23.9 Å². The molecule has 1 aromatic rings. The van der Waals surface area contributed by atoms with Crippen molar-refractivity contribution in [3.05, 3.63) is 49.1 Å². The Labute approximate surface area is 176 Å². The first kappa shape index (κ1) is 40.9. The van der Waals surface area contributed by atoms with Crippen molar-refractivity contribution in [3.8, 4) is 5.75 Å². The van der Waals surface area contributed by atoms with Crippen molar-refractivity contribution in [2.45, 2.75) is 27.7 Å². The van der Waals surface area contributed by atoms with E-state index in [2.05, 4.69) is 19.2 Å². The summed E-state index contributed by atoms with van der Waals surface area (Å²) in [5.74, 6) is -2.34. The van der Waals surface area contributed by atoms with Crippen LogP contribution in [0, 0.1) is 0 Å². The number of fused-ring (bicyclic) bond motifs is 1. The Morgan fingerprint density at radius 1 is 0.767 bits per heavy atom. The molecule has 174 valence electrons. The highest BCUT2D eigenvalue weighted by Crippen LogP contribution is 2.21. The quantitative estimate of drug-likeness (QED) is 0.323. The van der Waals surface area contributed by atoms with E-state index < -0.39 is 23.9 Å². The minimum absolute atomic E-state index is 0. The van der Waals surface area contributed by atoms with Crippen molar-refractivity contribution in [2.24, 2.45) is 0 Å². The lowest BCUT2D eigenvalue weighted by molar-refractivity contribution is -0.135. The van der Waals surface area contributed by atoms with Gasteiger partial charge in [-0.25, -0.2) is 0 Å². The normalized spacial score (nSPS) is 8.13. The van der Waals surface area contributed by atoms with Crippen LogP contribution in [-0.4, -0.2) is 50.9 Å². The first-order valence-corrected chi connectivity index (χ1v) is 7.56. The lowest BCUT2D eigenvalue weighted by atomic mass is 10.1. The molecule has 2 rings (SSSR count). The summed E-state index contributed by atoms with van der Waals surface area (Å²) in [6.45, 7) is 11.0. The second kappa shape index (κ2) is 30.0. The zero-order valence-corrected chi connectivity index (χ0v) is 17.8. The third-order valence-corrected chi connectivity index (χ3v) is 1.55. The standard InChI is InChI=1S/C9H8O.4C2H4O2.C2H4.2H3N/c1-2-6-9-8(4-1)5-3-7-10-9;4*1-2(3)4;1-2;;/h1-6H,7H2;4*1H3,(H,3,4);1-2H2;2*1H3. The predicted molar refractivity (Wildman–Crippen MR) is 116 cm³/mol. The Kier molecular flexibility index (Phi) is 40.9. The van der Waals surface area contributed by atoms with Crippen molar-refractivity contribution in [1.82, 2.24) is 12.3 Å². The smallest absolute Gasteiger partial charge is 0.300 e. The van der Waals surface area contributed by atoms with Gasteiger partial charge in [-0.15, -0.1) is 13.2 Å². The summed E-state index contributed by atoms with van der Waals surface area (Å²) in [5.41, 5.74) is 1.17. The highest BCUT2D eigenvalue weighted by Gasteiger charge is 2.01. The molecule has 0 spiro atoms. The van der Waals surface area contributed by atoms with Crippen molar-refractivity contribution in [3.63, 3.8) is 0 Å². The first-order valence-electron chi connectivity index (χ1n) is 7.56. The monoisotopic (exact) mass is 434 g/mol. The van der Waals surface area contributed by atoms with E-state index in [1.807, 2.05) is 30.3 Å². The second-order valence-electron chi connectivity index (χ2n) is 4.33. The average molecular weight is 434 g/mol. The maximum absolute atomic E-state index is 9.00. The fourth-order valence-corrected chi connectivity index (χ4v) is 1.06. The number of para-hydroxylation sites is 1. The molecule has 0 bridgehead atoms. The summed E-state index contributed by atoms with van der Waals surface area (Å²) in [4.78, 5) is 36.0. The number of rotatable bonds is 0. The molecule has 1 aliphatic heterocycles. The highest BCUT2D eigenvalue weighted by atomic mass is 16.5. The molecule has 0 atom stereocenters. The largest absolute Gasteiger partial charge is 0.489 e. The molecule has 1 heterocycles. The van der Waals surface area contributed by atoms with Crippen LogP contribution >= 0.6 is 0 Å². The number of hydrogen-bond acceptors (Lipinski definition) is 7. The lowest BCUT2D eigenvalue weighted by Gasteiger charge is -2.10. The van der Waals surface area contributed by atoms with Crippen molar-refractivity contribution in [2.75, 3.05) is 6.61 Å². The number of carboxylic acids is 4. The zero-order chi connectivity index (χ0) is 23.1. The fraction of sp³-hybridized carbons (Fsp3) is 0.263. The molecule has 0 unspecified atom stereocenters. The molecule has 0 aromatic heterocycles. The van der Waals surface area contributed by atoms with Gasteiger partial charge in [-0.1, -0.05) is 24.3 Å². The van der Waals surface area contributed by atoms with Gasteiger partial charge < -0.3 is 37.5 Å². The summed E-state index contributed by atoms with van der Waals surface area (Å²) in [6, 6.07) is 8.03. The maximum Gasteiger partial charge on any atom is 0.300 e. The maximum atomic E-state index is 9.00. The van der Waals surface area contributed by atoms with Crippen LogP contribution in [0.2, 0.25) is 0 Å². The molecule has 0 saturated heterocycles. The van der Waals surface area contributed by atoms with E-state index in [0.29, 0.717) is 6.61 Å². The fourth-order valence-electron chi connectivity index (χ4n) is 1.06. The van der Waals surface area contributed by atoms with Gasteiger partial charge in [0.2, 0.25) is 0 Å². The van der Waals surface area contributed by atoms with Gasteiger partial charge in [0, 0.05) is 33.3 Å². The van der Waals surface area contributed by atoms with Crippen LogP contribution in [-0.2, 0) is 19.2 Å². The number of benzene rings is 1. The molecule has 0 radical (unpaired) electrons. The van der Waals surface area contributed by atoms with E-state index in [-0.39, 0.29) is 12.3 Å². The molecule has 0 amide bonds. The van der Waals surface area contributed by atoms with Crippen LogP contribution in [0.25, 0.3) is 6.08 Å². The van der Waals surface area contributed by atoms with Gasteiger partial charge in [-0.05, 0) is 12.1 Å². The van der Waals surface area contributed by atoms with Gasteiger partial charge in [0.05, 0.1) is 0 Å². The molecule has 0 aliphatic carbocycles. The summed E-state index contributed by atoms with van der Waals surface area (Å²) in [6.07, 6.45) is 4.10. The Hall–Kier alpha value is -3.70. The summed E-state index contributed by atoms with van der Waals surface area (Å²) >= 11 is 0. The van der Waals surface area contributed by atoms with Crippen molar-refractivity contribution < 1.29 is 44.3 Å². The third kappa shape index (κ3) is 64.5. The van der Waals surface area contributed by atoms with E-state index in [1.165, 1.54) is 5.56 Å². The predicted octanol–water partition coefficient (Wildman–Crippen LogP) is 3.58. The molecule has 1 aliphatic rings. The summed E-state index contributed by atoms with van der Waals surface area (Å²) in [7, 11) is 0. The van der Waals surface area contributed by atoms with Gasteiger partial charge in [0.15, 0.2) is 0 Å². The third-order valence-electron chi connectivity index (χ3n) is 1.55. The van der Waals surface area contributed by atoms with Crippen LogP contribution < -0.4 is 17.0 Å². The molecule has 10 N–H and O–H groups in total. The second-order valence-corrected chi connectivity index (χ2v) is 4.33. The molecule has 1 aromatic carbocycles. The highest BCUT2D eigenvalue weighted by molar-refractivity contribution is 5.63. The Morgan fingerprint density at radius 2 is 1.07 bits per heavy atom. The van der Waals surface area contributed by atoms with E-state index in [9.17, 15) is 0 Å². The van der Waals surface area contributed by atoms with Gasteiger partial charge in [-0.3, -0.25) is 19.2 Å². The van der Waals surface area contributed by atoms with Crippen molar-refractivity contribution >= 4 is 30.0 Å². The minimum atomic E-state index is -0.833. The number of ether oxygens (including phenoxy) is 1. The molecule has 30 heavy (non-hydrogen) atoms. The Bertz CT molecular complexity index is 554. The average Bonchev–Trinajstić information content (AvgIpc) is 2.55. The lowest BCUT2D eigenvalue weighted by Crippen LogP contribution is -1.98. The van der Waals surface area contributed by atoms with E-state index in [4.69, 9.17) is 44.3 Å². The molecule has 11 heteroatoms. The van der Waals surface area contributed by atoms with E-state index in [1.54, 1.807) is 0 Å². The molecular weight excluding hydrogens is 400 g/mol. The van der Waals surface area contributed by atoms with Crippen LogP contribution in [0.5, 0.6) is 5.75 Å². The van der Waals surface area contributed by atoms with Gasteiger partial charge >= 0.3 is 0 Å². The molecular formula is C19H34N2O9. The van der Waals surface area contributed by atoms with Gasteiger partial charge in [0.1, 0.15) is 12.4 Å². The first-order chi connectivity index (χ1) is 12.9. The SMILES string of the molecule is C1=Cc2ccccc2OC1.C=C.CC(=O)O.CC(=O)O.CC(=O)O.CC(=O)O.N.N. The van der Waals surface area contributed by atoms with Crippen molar-refractivity contribution in [1.29, 1.82) is 0 Å². The van der Waals surface area contributed by atoms with Crippen LogP contribution in [0.3, 0.4) is 0 Å². The van der Waals surface area contributed by atoms with E-state index in [0.717, 1.165) is 33.4 Å². The summed E-state index contributed by atoms with van der Waals surface area (Å²) in [5, 5.41) is 29.7. The number of hydrogen-bond donors (Lipinski definition) is 6. The number of carboxylic acid groups (broad SMARTS) is 4. The Morgan fingerprint density at radius 3 is 1.37 bits per heavy atom. The van der Waals surface area contributed by atoms with Crippen LogP contribution in [0.1, 0.15) is 33.3 Å². The topological polar surface area (TPSA) is 228 Å². The Balaban J connectivity index is -0.0000000628. The molecule has 0 fully saturated rings. The molecule has 0 saturated carbocycles. The molecule has 11 nitrogen and oxygen atoms in total. The van der Waals surface area contributed by atoms with E-state index >= 15 is 0 Å². The van der Waals surface area contributed by atoms with Crippen LogP contribution in [0.4, 0.5) is 0 Å². The minimum Gasteiger partial charge on any atom is -0.489 e. The van der Waals surface area contributed by atoms with Gasteiger partial charge in [-0.2, -0.15) is 0 Å².